The number of halogens is 2. The molecule has 3 aliphatic rings. The summed E-state index contributed by atoms with van der Waals surface area (Å²) in [6, 6.07) is 0. The van der Waals surface area contributed by atoms with Gasteiger partial charge in [0.25, 0.3) is 0 Å². The van der Waals surface area contributed by atoms with Crippen LogP contribution in [0, 0.1) is 19.3 Å². The van der Waals surface area contributed by atoms with Gasteiger partial charge < -0.3 is 22.6 Å². The maximum absolute atomic E-state index is 4.89. The predicted octanol–water partition coefficient (Wildman–Crippen LogP) is 6.79. The van der Waals surface area contributed by atoms with Crippen molar-refractivity contribution in [3.05, 3.63) is 42.4 Å². The zero-order chi connectivity index (χ0) is 18.7. The van der Waals surface area contributed by atoms with Crippen LogP contribution in [0.1, 0.15) is 6.42 Å². The first-order chi connectivity index (χ1) is 11.7. The first kappa shape index (κ1) is 25.1. The zero-order valence-corrected chi connectivity index (χ0v) is 22.1. The Bertz CT molecular complexity index is 491. The van der Waals surface area contributed by atoms with E-state index < -0.39 is 33.3 Å². The van der Waals surface area contributed by atoms with Crippen molar-refractivity contribution in [1.82, 2.24) is 4.57 Å². The number of allylic oxidation sites excluding steroid dienone is 4. The van der Waals surface area contributed by atoms with E-state index in [2.05, 4.69) is 72.2 Å². The van der Waals surface area contributed by atoms with E-state index >= 15 is 0 Å². The molecule has 146 valence electrons. The van der Waals surface area contributed by atoms with E-state index in [0.717, 1.165) is 36.3 Å². The summed E-state index contributed by atoms with van der Waals surface area (Å²) >= 11 is -0.556. The summed E-state index contributed by atoms with van der Waals surface area (Å²) in [7, 11) is 7.13. The molecule has 1 saturated heterocycles. The molecule has 0 bridgehead atoms. The van der Waals surface area contributed by atoms with Gasteiger partial charge in [-0.3, -0.25) is 6.67 Å². The molecule has 3 nitrogen and oxygen atoms in total. The summed E-state index contributed by atoms with van der Waals surface area (Å²) in [5.74, 6) is 1.54. The van der Waals surface area contributed by atoms with E-state index in [1.165, 1.54) is 6.42 Å². The van der Waals surface area contributed by atoms with Crippen LogP contribution >= 0.6 is 18.6 Å². The van der Waals surface area contributed by atoms with Crippen molar-refractivity contribution >= 4 is 34.9 Å². The molecule has 1 heterocycles. The molecule has 0 N–H and O–H groups in total. The molecule has 0 radical (unpaired) electrons. The minimum atomic E-state index is -1.52. The third-order valence-corrected chi connectivity index (χ3v) is 13.4. The topological polar surface area (TPSA) is 31.4 Å². The molecule has 3 unspecified atom stereocenters. The van der Waals surface area contributed by atoms with Crippen LogP contribution in [-0.2, 0) is 17.0 Å². The molecule has 3 rings (SSSR count). The molecule has 0 aromatic carbocycles. The fourth-order valence-electron chi connectivity index (χ4n) is 4.77. The van der Waals surface area contributed by atoms with Crippen LogP contribution < -0.4 is 0 Å². The Morgan fingerprint density at radius 3 is 1.85 bits per heavy atom. The van der Waals surface area contributed by atoms with E-state index in [1.54, 1.807) is 0 Å². The van der Waals surface area contributed by atoms with E-state index in [1.807, 2.05) is 0 Å². The van der Waals surface area contributed by atoms with Crippen LogP contribution in [0.4, 0.5) is 0 Å². The first-order valence-electron chi connectivity index (χ1n) is 9.06. The Morgan fingerprint density at radius 2 is 1.38 bits per heavy atom. The summed E-state index contributed by atoms with van der Waals surface area (Å²) in [5.41, 5.74) is 1.77. The Kier molecular flexibility index (Phi) is 10.4. The van der Waals surface area contributed by atoms with Gasteiger partial charge in [-0.1, -0.05) is 63.5 Å². The summed E-state index contributed by atoms with van der Waals surface area (Å²) in [6.07, 6.45) is 11.0. The van der Waals surface area contributed by atoms with Gasteiger partial charge >= 0.3 is 35.6 Å². The summed E-state index contributed by atoms with van der Waals surface area (Å²) in [4.78, 5) is 0. The van der Waals surface area contributed by atoms with E-state index in [4.69, 9.17) is 18.6 Å². The first-order valence-corrected chi connectivity index (χ1v) is 20.0. The summed E-state index contributed by atoms with van der Waals surface area (Å²) < 4.78 is 2.62. The van der Waals surface area contributed by atoms with Gasteiger partial charge in [0.05, 0.1) is 0 Å². The molecule has 2 fully saturated rings. The number of nitrogens with zero attached hydrogens (tertiary/aromatic N) is 3. The van der Waals surface area contributed by atoms with Crippen molar-refractivity contribution in [2.24, 2.45) is 11.8 Å². The Balaban J connectivity index is 0.000000791. The second-order valence-corrected chi connectivity index (χ2v) is 21.6. The second-order valence-electron chi connectivity index (χ2n) is 8.88. The molecule has 0 spiro atoms. The predicted molar refractivity (Wildman–Crippen MR) is 119 cm³/mol. The maximum atomic E-state index is 4.89. The average Bonchev–Trinajstić information content (AvgIpc) is 2.97. The van der Waals surface area contributed by atoms with Gasteiger partial charge in [-0.05, 0) is 22.9 Å². The van der Waals surface area contributed by atoms with Crippen molar-refractivity contribution in [3.8, 4) is 0 Å². The monoisotopic (exact) mass is 466 g/mol. The van der Waals surface area contributed by atoms with Gasteiger partial charge in [-0.15, -0.1) is 13.3 Å². The molecule has 4 atom stereocenters. The van der Waals surface area contributed by atoms with Crippen LogP contribution in [0.2, 0.25) is 43.8 Å². The Hall–Kier alpha value is 1.09. The molecule has 8 heteroatoms. The van der Waals surface area contributed by atoms with Crippen LogP contribution in [0.15, 0.2) is 24.3 Å². The second kappa shape index (κ2) is 10.7. The molecular weight excluding hydrogens is 433 g/mol. The third-order valence-electron chi connectivity index (χ3n) is 6.24. The van der Waals surface area contributed by atoms with Crippen LogP contribution in [0.5, 0.6) is 0 Å². The molecule has 1 saturated carbocycles. The van der Waals surface area contributed by atoms with Gasteiger partial charge in [0.2, 0.25) is 0 Å². The van der Waals surface area contributed by atoms with Gasteiger partial charge in [0.1, 0.15) is 8.24 Å². The quantitative estimate of drug-likeness (QED) is 0.332. The fraction of sp³-hybridized carbons (Fsp3) is 0.722. The van der Waals surface area contributed by atoms with Gasteiger partial charge in [0, 0.05) is 8.07 Å². The van der Waals surface area contributed by atoms with Gasteiger partial charge in [-0.25, -0.2) is 0 Å². The van der Waals surface area contributed by atoms with Crippen molar-refractivity contribution in [2.75, 3.05) is 20.0 Å². The average molecular weight is 467 g/mol. The van der Waals surface area contributed by atoms with Crippen molar-refractivity contribution in [3.63, 3.8) is 0 Å². The number of hydrogen-bond donors (Lipinski definition) is 0. The molecular formula is C18H34Cl2N3Si2Ti+. The normalized spacial score (nSPS) is 31.8. The SMILES string of the molecule is C[Si](C)(C)[C@H]1CC([Si](C)(C)N2C[N-]C[N-]C2)C2C=CC=CC21.[CH3-].[Cl][Ti+4][Cl]. The fourth-order valence-corrected chi connectivity index (χ4v) is 11.0. The number of hydrogen-bond acceptors (Lipinski definition) is 1. The standard InChI is InChI=1S/C17H31N3Si2.CH3.2ClH.Ti/c1-21(2,3)16-10-17(15-9-7-6-8-14(15)16)22(4,5)20-12-18-11-19-13-20;;;;/h6-9,14-17H,10-13H2,1-5H3;1H3;2*1H;/q-2;-1;;;+6/p-2/t14?,15?,16-,17?;;;;/m0..../s1. The van der Waals surface area contributed by atoms with E-state index in [0.29, 0.717) is 6.67 Å². The Labute approximate surface area is 180 Å². The molecule has 0 aromatic heterocycles. The minimum absolute atomic E-state index is 0. The van der Waals surface area contributed by atoms with Crippen molar-refractivity contribution < 1.29 is 17.0 Å². The summed E-state index contributed by atoms with van der Waals surface area (Å²) in [5, 5.41) is 9.08. The zero-order valence-electron chi connectivity index (χ0n) is 17.0. The molecule has 26 heavy (non-hydrogen) atoms. The van der Waals surface area contributed by atoms with Crippen LogP contribution in [-0.4, -0.2) is 40.9 Å². The summed E-state index contributed by atoms with van der Waals surface area (Å²) in [6.45, 7) is 15.3. The van der Waals surface area contributed by atoms with E-state index in [-0.39, 0.29) is 7.43 Å². The molecule has 0 aromatic rings. The number of fused-ring (bicyclic) bond motifs is 1. The number of rotatable bonds is 3. The Morgan fingerprint density at radius 1 is 0.923 bits per heavy atom. The van der Waals surface area contributed by atoms with Gasteiger partial charge in [0.15, 0.2) is 0 Å². The van der Waals surface area contributed by atoms with Crippen molar-refractivity contribution in [2.45, 2.75) is 50.2 Å². The van der Waals surface area contributed by atoms with E-state index in [9.17, 15) is 0 Å². The van der Waals surface area contributed by atoms with Crippen LogP contribution in [0.25, 0.3) is 10.6 Å². The van der Waals surface area contributed by atoms with Crippen LogP contribution in [0.3, 0.4) is 0 Å². The third kappa shape index (κ3) is 5.80. The molecule has 0 amide bonds. The van der Waals surface area contributed by atoms with Crippen molar-refractivity contribution in [1.29, 1.82) is 0 Å². The molecule has 2 aliphatic carbocycles. The van der Waals surface area contributed by atoms with Gasteiger partial charge in [-0.2, -0.15) is 0 Å². The molecule has 1 aliphatic heterocycles.